The number of halogens is 4. The van der Waals surface area contributed by atoms with E-state index < -0.39 is 29.3 Å². The lowest BCUT2D eigenvalue weighted by Gasteiger charge is -2.41. The summed E-state index contributed by atoms with van der Waals surface area (Å²) in [7, 11) is 0. The first kappa shape index (κ1) is 16.2. The van der Waals surface area contributed by atoms with Crippen molar-refractivity contribution in [2.75, 3.05) is 13.1 Å². The summed E-state index contributed by atoms with van der Waals surface area (Å²) in [5.74, 6) is -0.896. The zero-order chi connectivity index (χ0) is 15.7. The molecule has 0 aliphatic carbocycles. The first-order chi connectivity index (χ1) is 9.79. The summed E-state index contributed by atoms with van der Waals surface area (Å²) >= 11 is 0. The molecular formula is C15H19F4NO. The Hall–Kier alpha value is -1.14. The lowest BCUT2D eigenvalue weighted by atomic mass is 9.93. The molecule has 118 valence electrons. The third-order valence-corrected chi connectivity index (χ3v) is 4.08. The maximum absolute atomic E-state index is 13.5. The third kappa shape index (κ3) is 3.55. The molecule has 1 unspecified atom stereocenters. The van der Waals surface area contributed by atoms with Gasteiger partial charge in [0.05, 0.1) is 17.3 Å². The van der Waals surface area contributed by atoms with E-state index in [0.29, 0.717) is 19.2 Å². The molecule has 21 heavy (non-hydrogen) atoms. The molecule has 1 saturated heterocycles. The minimum absolute atomic E-state index is 0.223. The number of hydrogen-bond acceptors (Lipinski definition) is 2. The number of alkyl halides is 3. The second-order valence-electron chi connectivity index (χ2n) is 5.40. The van der Waals surface area contributed by atoms with Crippen molar-refractivity contribution in [3.63, 3.8) is 0 Å². The van der Waals surface area contributed by atoms with Crippen LogP contribution < -0.4 is 5.32 Å². The van der Waals surface area contributed by atoms with Gasteiger partial charge in [-0.3, -0.25) is 0 Å². The maximum atomic E-state index is 13.5. The Kier molecular flexibility index (Phi) is 4.58. The molecule has 1 heterocycles. The average Bonchev–Trinajstić information content (AvgIpc) is 2.45. The molecule has 0 aromatic heterocycles. The molecule has 1 aliphatic rings. The van der Waals surface area contributed by atoms with Crippen molar-refractivity contribution in [1.29, 1.82) is 0 Å². The van der Waals surface area contributed by atoms with Crippen molar-refractivity contribution in [3.05, 3.63) is 35.1 Å². The number of ether oxygens (including phenoxy) is 1. The van der Waals surface area contributed by atoms with Crippen molar-refractivity contribution in [2.45, 2.75) is 44.6 Å². The Balaban J connectivity index is 2.31. The molecule has 1 N–H and O–H groups in total. The van der Waals surface area contributed by atoms with Crippen LogP contribution in [0, 0.1) is 5.82 Å². The van der Waals surface area contributed by atoms with Gasteiger partial charge in [0.15, 0.2) is 0 Å². The number of hydrogen-bond donors (Lipinski definition) is 1. The highest BCUT2D eigenvalue weighted by Crippen LogP contribution is 2.35. The first-order valence-electron chi connectivity index (χ1n) is 7.06. The Morgan fingerprint density at radius 3 is 2.48 bits per heavy atom. The Morgan fingerprint density at radius 2 is 1.90 bits per heavy atom. The Morgan fingerprint density at radius 1 is 1.24 bits per heavy atom. The molecule has 0 bridgehead atoms. The summed E-state index contributed by atoms with van der Waals surface area (Å²) in [6, 6.07) is 2.59. The van der Waals surface area contributed by atoms with E-state index in [1.54, 1.807) is 0 Å². The zero-order valence-corrected chi connectivity index (χ0v) is 12.1. The van der Waals surface area contributed by atoms with Crippen LogP contribution in [0.4, 0.5) is 17.6 Å². The normalized spacial score (nSPS) is 22.3. The number of nitrogens with one attached hydrogen (secondary N) is 1. The van der Waals surface area contributed by atoms with Gasteiger partial charge in [0.2, 0.25) is 0 Å². The summed E-state index contributed by atoms with van der Waals surface area (Å²) in [5, 5.41) is 3.18. The highest BCUT2D eigenvalue weighted by atomic mass is 19.4. The molecule has 0 spiro atoms. The smallest absolute Gasteiger partial charge is 0.364 e. The van der Waals surface area contributed by atoms with E-state index in [-0.39, 0.29) is 5.56 Å². The second-order valence-corrected chi connectivity index (χ2v) is 5.40. The van der Waals surface area contributed by atoms with Crippen LogP contribution in [-0.4, -0.2) is 18.7 Å². The van der Waals surface area contributed by atoms with Crippen molar-refractivity contribution < 1.29 is 22.3 Å². The monoisotopic (exact) mass is 305 g/mol. The molecule has 1 aliphatic heterocycles. The quantitative estimate of drug-likeness (QED) is 0.850. The highest BCUT2D eigenvalue weighted by Gasteiger charge is 2.36. The molecule has 1 aromatic rings. The predicted octanol–water partition coefficient (Wildman–Crippen LogP) is 4.06. The Bertz CT molecular complexity index is 497. The van der Waals surface area contributed by atoms with Gasteiger partial charge in [0.1, 0.15) is 5.82 Å². The number of rotatable bonds is 3. The number of morpholine rings is 1. The van der Waals surface area contributed by atoms with Crippen molar-refractivity contribution in [3.8, 4) is 0 Å². The fraction of sp³-hybridized carbons (Fsp3) is 0.600. The summed E-state index contributed by atoms with van der Waals surface area (Å²) in [6.45, 7) is 4.97. The van der Waals surface area contributed by atoms with Crippen LogP contribution >= 0.6 is 0 Å². The van der Waals surface area contributed by atoms with E-state index >= 15 is 0 Å². The zero-order valence-electron chi connectivity index (χ0n) is 12.1. The van der Waals surface area contributed by atoms with Crippen LogP contribution in [0.5, 0.6) is 0 Å². The molecule has 1 fully saturated rings. The largest absolute Gasteiger partial charge is 0.416 e. The fourth-order valence-electron chi connectivity index (χ4n) is 2.63. The van der Waals surface area contributed by atoms with Gasteiger partial charge in [-0.05, 0) is 36.6 Å². The van der Waals surface area contributed by atoms with E-state index in [1.807, 2.05) is 13.8 Å². The summed E-state index contributed by atoms with van der Waals surface area (Å²) in [6.07, 6.45) is -3.65. The van der Waals surface area contributed by atoms with Gasteiger partial charge in [-0.25, -0.2) is 4.39 Å². The average molecular weight is 305 g/mol. The van der Waals surface area contributed by atoms with Crippen LogP contribution in [0.2, 0.25) is 0 Å². The third-order valence-electron chi connectivity index (χ3n) is 4.08. The van der Waals surface area contributed by atoms with Crippen molar-refractivity contribution in [2.24, 2.45) is 0 Å². The molecule has 6 heteroatoms. The standard InChI is InChI=1S/C15H19F4NO/c1-3-14(4-2)9-20-8-13(21-14)10-5-11(15(17,18)19)7-12(16)6-10/h5-7,13,20H,3-4,8-9H2,1-2H3. The van der Waals surface area contributed by atoms with Gasteiger partial charge in [-0.1, -0.05) is 13.8 Å². The molecule has 0 radical (unpaired) electrons. The van der Waals surface area contributed by atoms with Gasteiger partial charge >= 0.3 is 6.18 Å². The SMILES string of the molecule is CCC1(CC)CNCC(c2cc(F)cc(C(F)(F)F)c2)O1. The van der Waals surface area contributed by atoms with Crippen LogP contribution in [0.1, 0.15) is 43.9 Å². The van der Waals surface area contributed by atoms with Gasteiger partial charge < -0.3 is 10.1 Å². The van der Waals surface area contributed by atoms with Gasteiger partial charge in [-0.15, -0.1) is 0 Å². The second kappa shape index (κ2) is 5.93. The fourth-order valence-corrected chi connectivity index (χ4v) is 2.63. The summed E-state index contributed by atoms with van der Waals surface area (Å²) in [4.78, 5) is 0. The minimum atomic E-state index is -4.56. The molecular weight excluding hydrogens is 286 g/mol. The van der Waals surface area contributed by atoms with E-state index in [9.17, 15) is 17.6 Å². The lowest BCUT2D eigenvalue weighted by molar-refractivity contribution is -0.138. The van der Waals surface area contributed by atoms with E-state index in [0.717, 1.165) is 25.0 Å². The van der Waals surface area contributed by atoms with Crippen molar-refractivity contribution in [1.82, 2.24) is 5.32 Å². The molecule has 2 nitrogen and oxygen atoms in total. The summed E-state index contributed by atoms with van der Waals surface area (Å²) < 4.78 is 57.8. The van der Waals surface area contributed by atoms with Crippen LogP contribution in [0.25, 0.3) is 0 Å². The predicted molar refractivity (Wildman–Crippen MR) is 71.4 cm³/mol. The van der Waals surface area contributed by atoms with Gasteiger partial charge in [-0.2, -0.15) is 13.2 Å². The lowest BCUT2D eigenvalue weighted by Crippen LogP contribution is -2.50. The maximum Gasteiger partial charge on any atom is 0.416 e. The van der Waals surface area contributed by atoms with Gasteiger partial charge in [0, 0.05) is 13.1 Å². The molecule has 1 aromatic carbocycles. The van der Waals surface area contributed by atoms with E-state index in [2.05, 4.69) is 5.32 Å². The van der Waals surface area contributed by atoms with Gasteiger partial charge in [0.25, 0.3) is 0 Å². The van der Waals surface area contributed by atoms with Crippen LogP contribution in [0.3, 0.4) is 0 Å². The van der Waals surface area contributed by atoms with Crippen molar-refractivity contribution >= 4 is 0 Å². The molecule has 1 atom stereocenters. The minimum Gasteiger partial charge on any atom is -0.364 e. The summed E-state index contributed by atoms with van der Waals surface area (Å²) in [5.41, 5.74) is -1.17. The Labute approximate surface area is 121 Å². The first-order valence-corrected chi connectivity index (χ1v) is 7.06. The van der Waals surface area contributed by atoms with E-state index in [4.69, 9.17) is 4.74 Å². The molecule has 0 amide bonds. The van der Waals surface area contributed by atoms with Crippen LogP contribution in [0.15, 0.2) is 18.2 Å². The van der Waals surface area contributed by atoms with E-state index in [1.165, 1.54) is 0 Å². The number of benzene rings is 1. The molecule has 2 rings (SSSR count). The highest BCUT2D eigenvalue weighted by molar-refractivity contribution is 5.29. The van der Waals surface area contributed by atoms with Crippen LogP contribution in [-0.2, 0) is 10.9 Å². The molecule has 0 saturated carbocycles. The topological polar surface area (TPSA) is 21.3 Å².